The van der Waals surface area contributed by atoms with E-state index in [2.05, 4.69) is 10.3 Å². The Balaban J connectivity index is 1.20. The summed E-state index contributed by atoms with van der Waals surface area (Å²) in [7, 11) is 0. The molecule has 0 saturated carbocycles. The molecule has 170 valence electrons. The van der Waals surface area contributed by atoms with Gasteiger partial charge in [-0.3, -0.25) is 9.59 Å². The van der Waals surface area contributed by atoms with E-state index >= 15 is 0 Å². The number of nitrogens with one attached hydrogen (secondary N) is 1. The lowest BCUT2D eigenvalue weighted by molar-refractivity contribution is -0.121. The van der Waals surface area contributed by atoms with Gasteiger partial charge in [-0.15, -0.1) is 0 Å². The standard InChI is InChI=1S/C25H25FN4O3/c26-19-8-4-5-9-20(19)28-24(31)18-10-12-29(13-11-18)25(32)23-21-15-33-22(14-30(21)16-27-23)17-6-2-1-3-7-17/h1-9,16,18,22H,10-15H2,(H,28,31). The van der Waals surface area contributed by atoms with Crippen molar-refractivity contribution in [2.45, 2.75) is 32.1 Å². The number of benzene rings is 2. The summed E-state index contributed by atoms with van der Waals surface area (Å²) < 4.78 is 21.8. The highest BCUT2D eigenvalue weighted by molar-refractivity contribution is 5.95. The molecule has 7 nitrogen and oxygen atoms in total. The summed E-state index contributed by atoms with van der Waals surface area (Å²) in [6, 6.07) is 16.1. The van der Waals surface area contributed by atoms with Crippen LogP contribution in [0.5, 0.6) is 0 Å². The first-order chi connectivity index (χ1) is 16.1. The molecule has 33 heavy (non-hydrogen) atoms. The number of ether oxygens (including phenoxy) is 1. The summed E-state index contributed by atoms with van der Waals surface area (Å²) >= 11 is 0. The minimum atomic E-state index is -0.459. The molecule has 1 saturated heterocycles. The maximum Gasteiger partial charge on any atom is 0.274 e. The highest BCUT2D eigenvalue weighted by Gasteiger charge is 2.32. The number of hydrogen-bond acceptors (Lipinski definition) is 4. The Morgan fingerprint density at radius 2 is 1.76 bits per heavy atom. The Bertz CT molecular complexity index is 1160. The number of carbonyl (C=O) groups is 2. The Morgan fingerprint density at radius 3 is 2.52 bits per heavy atom. The average Bonchev–Trinajstić information content (AvgIpc) is 3.29. The fraction of sp³-hybridized carbons (Fsp3) is 0.320. The van der Waals surface area contributed by atoms with Crippen molar-refractivity contribution in [1.29, 1.82) is 0 Å². The number of anilines is 1. The third-order valence-electron chi connectivity index (χ3n) is 6.39. The van der Waals surface area contributed by atoms with Gasteiger partial charge in [-0.2, -0.15) is 0 Å². The van der Waals surface area contributed by atoms with Gasteiger partial charge in [0.1, 0.15) is 11.9 Å². The zero-order valence-electron chi connectivity index (χ0n) is 18.1. The topological polar surface area (TPSA) is 76.5 Å². The van der Waals surface area contributed by atoms with Crippen molar-refractivity contribution in [2.75, 3.05) is 18.4 Å². The summed E-state index contributed by atoms with van der Waals surface area (Å²) in [5, 5.41) is 2.66. The number of amides is 2. The van der Waals surface area contributed by atoms with Crippen LogP contribution in [0, 0.1) is 11.7 Å². The van der Waals surface area contributed by atoms with Crippen LogP contribution in [0.3, 0.4) is 0 Å². The molecule has 0 bridgehead atoms. The van der Waals surface area contributed by atoms with Crippen LogP contribution < -0.4 is 5.32 Å². The third kappa shape index (κ3) is 4.39. The summed E-state index contributed by atoms with van der Waals surface area (Å²) in [6.07, 6.45) is 2.68. The second kappa shape index (κ2) is 9.15. The lowest BCUT2D eigenvalue weighted by Gasteiger charge is -2.31. The van der Waals surface area contributed by atoms with Crippen LogP contribution in [0.2, 0.25) is 0 Å². The molecule has 2 aliphatic heterocycles. The van der Waals surface area contributed by atoms with E-state index in [9.17, 15) is 14.0 Å². The Hall–Kier alpha value is -3.52. The molecule has 0 aliphatic carbocycles. The van der Waals surface area contributed by atoms with Gasteiger partial charge >= 0.3 is 0 Å². The molecule has 2 aromatic carbocycles. The van der Waals surface area contributed by atoms with Crippen molar-refractivity contribution < 1.29 is 18.7 Å². The summed E-state index contributed by atoms with van der Waals surface area (Å²) in [5.74, 6) is -1.08. The Labute approximate surface area is 191 Å². The molecular formula is C25H25FN4O3. The van der Waals surface area contributed by atoms with Crippen molar-refractivity contribution in [1.82, 2.24) is 14.5 Å². The largest absolute Gasteiger partial charge is 0.365 e. The van der Waals surface area contributed by atoms with Gasteiger partial charge in [-0.05, 0) is 30.5 Å². The second-order valence-electron chi connectivity index (χ2n) is 8.44. The van der Waals surface area contributed by atoms with Crippen molar-refractivity contribution in [3.05, 3.63) is 83.7 Å². The van der Waals surface area contributed by atoms with Crippen molar-refractivity contribution in [2.24, 2.45) is 5.92 Å². The number of halogens is 1. The maximum absolute atomic E-state index is 13.8. The predicted octanol–water partition coefficient (Wildman–Crippen LogP) is 3.78. The lowest BCUT2D eigenvalue weighted by Crippen LogP contribution is -2.42. The molecule has 0 radical (unpaired) electrons. The maximum atomic E-state index is 13.8. The molecule has 1 unspecified atom stereocenters. The van der Waals surface area contributed by atoms with Crippen LogP contribution in [0.1, 0.15) is 40.7 Å². The number of carbonyl (C=O) groups excluding carboxylic acids is 2. The van der Waals surface area contributed by atoms with Gasteiger partial charge in [0.25, 0.3) is 5.91 Å². The molecule has 0 spiro atoms. The van der Waals surface area contributed by atoms with E-state index in [0.717, 1.165) is 11.3 Å². The fourth-order valence-corrected chi connectivity index (χ4v) is 4.47. The Kier molecular flexibility index (Phi) is 5.92. The van der Waals surface area contributed by atoms with Crippen LogP contribution in [0.15, 0.2) is 60.9 Å². The quantitative estimate of drug-likeness (QED) is 0.659. The number of fused-ring (bicyclic) bond motifs is 1. The zero-order valence-corrected chi connectivity index (χ0v) is 18.1. The number of nitrogens with zero attached hydrogens (tertiary/aromatic N) is 3. The molecule has 3 aromatic rings. The molecule has 1 aromatic heterocycles. The van der Waals surface area contributed by atoms with E-state index in [1.807, 2.05) is 34.9 Å². The molecule has 5 rings (SSSR count). The van der Waals surface area contributed by atoms with E-state index in [4.69, 9.17) is 4.74 Å². The van der Waals surface area contributed by atoms with E-state index in [1.165, 1.54) is 12.1 Å². The van der Waals surface area contributed by atoms with E-state index in [-0.39, 0.29) is 29.5 Å². The zero-order chi connectivity index (χ0) is 22.8. The van der Waals surface area contributed by atoms with E-state index in [1.54, 1.807) is 23.4 Å². The van der Waals surface area contributed by atoms with Gasteiger partial charge in [0.2, 0.25) is 5.91 Å². The first-order valence-electron chi connectivity index (χ1n) is 11.2. The molecule has 8 heteroatoms. The van der Waals surface area contributed by atoms with Gasteiger partial charge in [0.05, 0.1) is 30.9 Å². The van der Waals surface area contributed by atoms with E-state index < -0.39 is 5.82 Å². The van der Waals surface area contributed by atoms with Gasteiger partial charge in [-0.1, -0.05) is 42.5 Å². The second-order valence-corrected chi connectivity index (χ2v) is 8.44. The van der Waals surface area contributed by atoms with Gasteiger partial charge < -0.3 is 19.5 Å². The fourth-order valence-electron chi connectivity index (χ4n) is 4.47. The molecule has 2 amide bonds. The molecule has 2 aliphatic rings. The minimum absolute atomic E-state index is 0.0699. The molecular weight excluding hydrogens is 423 g/mol. The average molecular weight is 448 g/mol. The van der Waals surface area contributed by atoms with Crippen molar-refractivity contribution in [3.63, 3.8) is 0 Å². The number of para-hydroxylation sites is 1. The molecule has 1 fully saturated rings. The van der Waals surface area contributed by atoms with Crippen LogP contribution >= 0.6 is 0 Å². The summed E-state index contributed by atoms with van der Waals surface area (Å²) in [4.78, 5) is 31.8. The van der Waals surface area contributed by atoms with Crippen LogP contribution in [0.4, 0.5) is 10.1 Å². The highest BCUT2D eigenvalue weighted by atomic mass is 19.1. The van der Waals surface area contributed by atoms with Crippen LogP contribution in [-0.4, -0.2) is 39.4 Å². The van der Waals surface area contributed by atoms with Crippen molar-refractivity contribution >= 4 is 17.5 Å². The van der Waals surface area contributed by atoms with Crippen LogP contribution in [-0.2, 0) is 22.7 Å². The van der Waals surface area contributed by atoms with Gasteiger partial charge in [0.15, 0.2) is 5.69 Å². The highest BCUT2D eigenvalue weighted by Crippen LogP contribution is 2.29. The number of hydrogen-bond donors (Lipinski definition) is 1. The summed E-state index contributed by atoms with van der Waals surface area (Å²) in [5.41, 5.74) is 2.47. The SMILES string of the molecule is O=C(Nc1ccccc1F)C1CCN(C(=O)c2ncn3c2COC(c2ccccc2)C3)CC1. The first-order valence-corrected chi connectivity index (χ1v) is 11.2. The van der Waals surface area contributed by atoms with E-state index in [0.29, 0.717) is 44.8 Å². The number of likely N-dealkylation sites (tertiary alicyclic amines) is 1. The molecule has 3 heterocycles. The lowest BCUT2D eigenvalue weighted by atomic mass is 9.95. The Morgan fingerprint density at radius 1 is 1.03 bits per heavy atom. The predicted molar refractivity (Wildman–Crippen MR) is 120 cm³/mol. The molecule has 1 N–H and O–H groups in total. The van der Waals surface area contributed by atoms with Crippen molar-refractivity contribution in [3.8, 4) is 0 Å². The smallest absolute Gasteiger partial charge is 0.274 e. The normalized spacial score (nSPS) is 18.6. The molecule has 1 atom stereocenters. The monoisotopic (exact) mass is 448 g/mol. The first kappa shape index (κ1) is 21.3. The number of rotatable bonds is 4. The minimum Gasteiger partial charge on any atom is -0.365 e. The third-order valence-corrected chi connectivity index (χ3v) is 6.39. The number of piperidine rings is 1. The van der Waals surface area contributed by atoms with Crippen LogP contribution in [0.25, 0.3) is 0 Å². The van der Waals surface area contributed by atoms with Gasteiger partial charge in [-0.25, -0.2) is 9.37 Å². The van der Waals surface area contributed by atoms with Gasteiger partial charge in [0, 0.05) is 19.0 Å². The summed E-state index contributed by atoms with van der Waals surface area (Å²) in [6.45, 7) is 1.84. The number of aromatic nitrogens is 2. The number of imidazole rings is 1.